The molecular formula is C12H18N2OS. The molecule has 2 N–H and O–H groups in total. The number of thiophene rings is 1. The van der Waals surface area contributed by atoms with E-state index in [2.05, 4.69) is 10.6 Å². The van der Waals surface area contributed by atoms with Crippen LogP contribution in [0.15, 0.2) is 17.5 Å². The van der Waals surface area contributed by atoms with Crippen molar-refractivity contribution >= 4 is 17.2 Å². The Morgan fingerprint density at radius 2 is 2.31 bits per heavy atom. The minimum absolute atomic E-state index is 0.0186. The second kappa shape index (κ2) is 5.46. The summed E-state index contributed by atoms with van der Waals surface area (Å²) in [6.45, 7) is 4.00. The predicted octanol–water partition coefficient (Wildman–Crippen LogP) is 1.72. The fraction of sp³-hybridized carbons (Fsp3) is 0.583. The summed E-state index contributed by atoms with van der Waals surface area (Å²) < 4.78 is 0. The van der Waals surface area contributed by atoms with Crippen molar-refractivity contribution in [2.24, 2.45) is 0 Å². The number of hydrogen-bond donors (Lipinski definition) is 2. The van der Waals surface area contributed by atoms with Crippen molar-refractivity contribution in [2.75, 3.05) is 13.1 Å². The molecule has 1 aliphatic rings. The molecule has 1 amide bonds. The van der Waals surface area contributed by atoms with E-state index >= 15 is 0 Å². The highest BCUT2D eigenvalue weighted by Crippen LogP contribution is 2.21. The normalized spacial score (nSPS) is 19.3. The van der Waals surface area contributed by atoms with Crippen LogP contribution in [0.2, 0.25) is 0 Å². The summed E-state index contributed by atoms with van der Waals surface area (Å²) in [6.07, 6.45) is 2.09. The van der Waals surface area contributed by atoms with Crippen LogP contribution in [0.1, 0.15) is 30.6 Å². The first-order valence-electron chi connectivity index (χ1n) is 5.82. The SMILES string of the molecule is CC(C(=O)NC1CCNCC1)c1cccs1. The van der Waals surface area contributed by atoms with Gasteiger partial charge in [-0.05, 0) is 44.3 Å². The standard InChI is InChI=1S/C12H18N2OS/c1-9(11-3-2-8-16-11)12(15)14-10-4-6-13-7-5-10/h2-3,8-10,13H,4-7H2,1H3,(H,14,15). The maximum absolute atomic E-state index is 12.0. The third kappa shape index (κ3) is 2.83. The van der Waals surface area contributed by atoms with E-state index in [1.807, 2.05) is 24.4 Å². The van der Waals surface area contributed by atoms with Gasteiger partial charge in [0, 0.05) is 10.9 Å². The van der Waals surface area contributed by atoms with Crippen molar-refractivity contribution in [1.82, 2.24) is 10.6 Å². The summed E-state index contributed by atoms with van der Waals surface area (Å²) in [4.78, 5) is 13.1. The Labute approximate surface area is 100 Å². The molecule has 1 unspecified atom stereocenters. The molecule has 3 nitrogen and oxygen atoms in total. The fourth-order valence-electron chi connectivity index (χ4n) is 1.96. The van der Waals surface area contributed by atoms with Crippen LogP contribution in [0.3, 0.4) is 0 Å². The summed E-state index contributed by atoms with van der Waals surface area (Å²) >= 11 is 1.65. The van der Waals surface area contributed by atoms with Gasteiger partial charge in [-0.1, -0.05) is 6.07 Å². The van der Waals surface area contributed by atoms with Crippen molar-refractivity contribution in [3.8, 4) is 0 Å². The van der Waals surface area contributed by atoms with Crippen LogP contribution in [-0.2, 0) is 4.79 Å². The maximum atomic E-state index is 12.0. The van der Waals surface area contributed by atoms with Crippen molar-refractivity contribution in [3.63, 3.8) is 0 Å². The molecule has 4 heteroatoms. The maximum Gasteiger partial charge on any atom is 0.228 e. The highest BCUT2D eigenvalue weighted by atomic mass is 32.1. The van der Waals surface area contributed by atoms with E-state index in [0.29, 0.717) is 6.04 Å². The van der Waals surface area contributed by atoms with Gasteiger partial charge < -0.3 is 10.6 Å². The van der Waals surface area contributed by atoms with Gasteiger partial charge in [0.2, 0.25) is 5.91 Å². The zero-order valence-electron chi connectivity index (χ0n) is 9.53. The molecule has 1 fully saturated rings. The van der Waals surface area contributed by atoms with Gasteiger partial charge in [0.05, 0.1) is 5.92 Å². The molecule has 1 aromatic rings. The molecule has 0 radical (unpaired) electrons. The lowest BCUT2D eigenvalue weighted by atomic mass is 10.0. The van der Waals surface area contributed by atoms with Gasteiger partial charge in [-0.15, -0.1) is 11.3 Å². The average Bonchev–Trinajstić information content (AvgIpc) is 2.83. The molecule has 2 heterocycles. The lowest BCUT2D eigenvalue weighted by molar-refractivity contribution is -0.123. The lowest BCUT2D eigenvalue weighted by Crippen LogP contribution is -2.43. The molecule has 16 heavy (non-hydrogen) atoms. The lowest BCUT2D eigenvalue weighted by Gasteiger charge is -2.25. The quantitative estimate of drug-likeness (QED) is 0.842. The van der Waals surface area contributed by atoms with Gasteiger partial charge in [-0.25, -0.2) is 0 Å². The molecule has 0 saturated carbocycles. The number of nitrogens with one attached hydrogen (secondary N) is 2. The first kappa shape index (κ1) is 11.6. The largest absolute Gasteiger partial charge is 0.353 e. The van der Waals surface area contributed by atoms with Crippen molar-refractivity contribution in [1.29, 1.82) is 0 Å². The second-order valence-corrected chi connectivity index (χ2v) is 5.25. The molecule has 1 aliphatic heterocycles. The van der Waals surface area contributed by atoms with Gasteiger partial charge in [0.15, 0.2) is 0 Å². The number of carbonyl (C=O) groups is 1. The van der Waals surface area contributed by atoms with Crippen molar-refractivity contribution < 1.29 is 4.79 Å². The molecule has 88 valence electrons. The van der Waals surface area contributed by atoms with Gasteiger partial charge in [-0.2, -0.15) is 0 Å². The van der Waals surface area contributed by atoms with Crippen LogP contribution in [-0.4, -0.2) is 25.0 Å². The Bertz CT molecular complexity index is 331. The summed E-state index contributed by atoms with van der Waals surface area (Å²) in [5, 5.41) is 8.45. The van der Waals surface area contributed by atoms with Crippen molar-refractivity contribution in [2.45, 2.75) is 31.7 Å². The number of amides is 1. The average molecular weight is 238 g/mol. The predicted molar refractivity (Wildman–Crippen MR) is 66.8 cm³/mol. The Morgan fingerprint density at radius 3 is 2.94 bits per heavy atom. The van der Waals surface area contributed by atoms with E-state index in [4.69, 9.17) is 0 Å². The molecule has 1 saturated heterocycles. The molecular weight excluding hydrogens is 220 g/mol. The van der Waals surface area contributed by atoms with E-state index in [9.17, 15) is 4.79 Å². The molecule has 0 spiro atoms. The highest BCUT2D eigenvalue weighted by Gasteiger charge is 2.20. The zero-order valence-corrected chi connectivity index (χ0v) is 10.3. The van der Waals surface area contributed by atoms with E-state index in [-0.39, 0.29) is 11.8 Å². The fourth-order valence-corrected chi connectivity index (χ4v) is 2.74. The number of piperidine rings is 1. The molecule has 0 bridgehead atoms. The van der Waals surface area contributed by atoms with Crippen LogP contribution in [0.5, 0.6) is 0 Å². The summed E-state index contributed by atoms with van der Waals surface area (Å²) in [5.74, 6) is 0.143. The smallest absolute Gasteiger partial charge is 0.228 e. The summed E-state index contributed by atoms with van der Waals surface area (Å²) in [6, 6.07) is 4.38. The monoisotopic (exact) mass is 238 g/mol. The Balaban J connectivity index is 1.87. The van der Waals surface area contributed by atoms with E-state index < -0.39 is 0 Å². The van der Waals surface area contributed by atoms with Gasteiger partial charge in [0.1, 0.15) is 0 Å². The molecule has 1 aromatic heterocycles. The number of carbonyl (C=O) groups excluding carboxylic acids is 1. The minimum Gasteiger partial charge on any atom is -0.353 e. The first-order chi connectivity index (χ1) is 7.77. The van der Waals surface area contributed by atoms with Gasteiger partial charge in [-0.3, -0.25) is 4.79 Å². The molecule has 0 aromatic carbocycles. The Hall–Kier alpha value is -0.870. The Morgan fingerprint density at radius 1 is 1.56 bits per heavy atom. The van der Waals surface area contributed by atoms with Crippen LogP contribution in [0.25, 0.3) is 0 Å². The van der Waals surface area contributed by atoms with Gasteiger partial charge in [0.25, 0.3) is 0 Å². The molecule has 0 aliphatic carbocycles. The van der Waals surface area contributed by atoms with E-state index in [1.54, 1.807) is 11.3 Å². The molecule has 1 atom stereocenters. The van der Waals surface area contributed by atoms with E-state index in [0.717, 1.165) is 30.8 Å². The summed E-state index contributed by atoms with van der Waals surface area (Å²) in [5.41, 5.74) is 0. The minimum atomic E-state index is -0.0186. The van der Waals surface area contributed by atoms with Crippen LogP contribution < -0.4 is 10.6 Å². The molecule has 2 rings (SSSR count). The van der Waals surface area contributed by atoms with E-state index in [1.165, 1.54) is 0 Å². The Kier molecular flexibility index (Phi) is 3.96. The number of hydrogen-bond acceptors (Lipinski definition) is 3. The van der Waals surface area contributed by atoms with Crippen molar-refractivity contribution in [3.05, 3.63) is 22.4 Å². The first-order valence-corrected chi connectivity index (χ1v) is 6.70. The topological polar surface area (TPSA) is 41.1 Å². The van der Waals surface area contributed by atoms with Crippen LogP contribution >= 0.6 is 11.3 Å². The van der Waals surface area contributed by atoms with Crippen LogP contribution in [0, 0.1) is 0 Å². The highest BCUT2D eigenvalue weighted by molar-refractivity contribution is 7.10. The van der Waals surface area contributed by atoms with Crippen LogP contribution in [0.4, 0.5) is 0 Å². The summed E-state index contributed by atoms with van der Waals surface area (Å²) in [7, 11) is 0. The number of rotatable bonds is 3. The third-order valence-corrected chi connectivity index (χ3v) is 4.10. The zero-order chi connectivity index (χ0) is 11.4. The van der Waals surface area contributed by atoms with Gasteiger partial charge >= 0.3 is 0 Å². The third-order valence-electron chi connectivity index (χ3n) is 3.05. The second-order valence-electron chi connectivity index (χ2n) is 4.27.